The first-order chi connectivity index (χ1) is 8.03. The molecule has 1 fully saturated rings. The smallest absolute Gasteiger partial charge is 0.120 e. The minimum Gasteiger partial charge on any atom is -0.497 e. The van der Waals surface area contributed by atoms with Crippen LogP contribution in [0.4, 0.5) is 5.69 Å². The van der Waals surface area contributed by atoms with Crippen molar-refractivity contribution >= 4 is 5.69 Å². The molecule has 0 radical (unpaired) electrons. The molecule has 94 valence electrons. The van der Waals surface area contributed by atoms with E-state index in [1.807, 2.05) is 18.2 Å². The van der Waals surface area contributed by atoms with Crippen molar-refractivity contribution in [3.8, 4) is 5.75 Å². The molecule has 0 aliphatic heterocycles. The molecule has 0 bridgehead atoms. The Bertz CT molecular complexity index is 386. The summed E-state index contributed by atoms with van der Waals surface area (Å²) < 4.78 is 5.24. The maximum absolute atomic E-state index is 6.36. The molecule has 2 N–H and O–H groups in total. The molecule has 0 aromatic heterocycles. The predicted octanol–water partition coefficient (Wildman–Crippen LogP) is 2.26. The molecule has 0 heterocycles. The SMILES string of the molecule is COc1cccc(N(C)CC(C)(N)C2CC2)c1. The van der Waals surface area contributed by atoms with E-state index in [1.54, 1.807) is 7.11 Å². The summed E-state index contributed by atoms with van der Waals surface area (Å²) in [5, 5.41) is 0. The Morgan fingerprint density at radius 3 is 2.76 bits per heavy atom. The third kappa shape index (κ3) is 2.91. The minimum atomic E-state index is -0.0855. The summed E-state index contributed by atoms with van der Waals surface area (Å²) >= 11 is 0. The van der Waals surface area contributed by atoms with Crippen LogP contribution in [0.25, 0.3) is 0 Å². The summed E-state index contributed by atoms with van der Waals surface area (Å²) in [6, 6.07) is 8.10. The van der Waals surface area contributed by atoms with Crippen molar-refractivity contribution in [1.29, 1.82) is 0 Å². The molecule has 1 aromatic rings. The van der Waals surface area contributed by atoms with Gasteiger partial charge in [-0.15, -0.1) is 0 Å². The number of likely N-dealkylation sites (N-methyl/N-ethyl adjacent to an activating group) is 1. The number of rotatable bonds is 5. The van der Waals surface area contributed by atoms with Gasteiger partial charge in [-0.3, -0.25) is 0 Å². The van der Waals surface area contributed by atoms with Gasteiger partial charge in [0, 0.05) is 30.9 Å². The largest absolute Gasteiger partial charge is 0.497 e. The summed E-state index contributed by atoms with van der Waals surface area (Å²) in [5.74, 6) is 1.58. The van der Waals surface area contributed by atoms with E-state index in [-0.39, 0.29) is 5.54 Å². The Morgan fingerprint density at radius 2 is 2.18 bits per heavy atom. The minimum absolute atomic E-state index is 0.0855. The van der Waals surface area contributed by atoms with Gasteiger partial charge in [-0.05, 0) is 37.8 Å². The van der Waals surface area contributed by atoms with Crippen molar-refractivity contribution in [1.82, 2.24) is 0 Å². The van der Waals surface area contributed by atoms with Crippen molar-refractivity contribution in [2.75, 3.05) is 25.6 Å². The van der Waals surface area contributed by atoms with Crippen molar-refractivity contribution in [2.45, 2.75) is 25.3 Å². The van der Waals surface area contributed by atoms with E-state index < -0.39 is 0 Å². The highest BCUT2D eigenvalue weighted by atomic mass is 16.5. The number of ether oxygens (including phenoxy) is 1. The van der Waals surface area contributed by atoms with Crippen molar-refractivity contribution < 1.29 is 4.74 Å². The Hall–Kier alpha value is -1.22. The maximum atomic E-state index is 6.36. The second kappa shape index (κ2) is 4.57. The Kier molecular flexibility index (Phi) is 3.29. The van der Waals surface area contributed by atoms with E-state index in [0.29, 0.717) is 5.92 Å². The van der Waals surface area contributed by atoms with Gasteiger partial charge in [0.25, 0.3) is 0 Å². The van der Waals surface area contributed by atoms with Crippen molar-refractivity contribution in [3.05, 3.63) is 24.3 Å². The lowest BCUT2D eigenvalue weighted by atomic mass is 9.96. The van der Waals surface area contributed by atoms with Gasteiger partial charge in [-0.2, -0.15) is 0 Å². The number of benzene rings is 1. The molecule has 0 amide bonds. The highest BCUT2D eigenvalue weighted by Crippen LogP contribution is 2.38. The molecule has 0 spiro atoms. The average Bonchev–Trinajstić information content (AvgIpc) is 3.12. The zero-order chi connectivity index (χ0) is 12.5. The van der Waals surface area contributed by atoms with Crippen LogP contribution in [-0.2, 0) is 0 Å². The molecule has 2 rings (SSSR count). The molecule has 1 saturated carbocycles. The number of hydrogen-bond donors (Lipinski definition) is 1. The molecule has 0 saturated heterocycles. The molecular weight excluding hydrogens is 212 g/mol. The van der Waals surface area contributed by atoms with Gasteiger partial charge in [0.05, 0.1) is 7.11 Å². The van der Waals surface area contributed by atoms with Crippen LogP contribution in [0.1, 0.15) is 19.8 Å². The monoisotopic (exact) mass is 234 g/mol. The van der Waals surface area contributed by atoms with Gasteiger partial charge in [-0.25, -0.2) is 0 Å². The van der Waals surface area contributed by atoms with Gasteiger partial charge < -0.3 is 15.4 Å². The lowest BCUT2D eigenvalue weighted by Gasteiger charge is -2.31. The molecule has 3 nitrogen and oxygen atoms in total. The lowest BCUT2D eigenvalue weighted by molar-refractivity contribution is 0.408. The fourth-order valence-electron chi connectivity index (χ4n) is 2.32. The third-order valence-electron chi connectivity index (χ3n) is 3.58. The molecule has 1 aliphatic carbocycles. The van der Waals surface area contributed by atoms with Crippen LogP contribution in [-0.4, -0.2) is 26.2 Å². The quantitative estimate of drug-likeness (QED) is 0.849. The second-order valence-electron chi connectivity index (χ2n) is 5.34. The fraction of sp³-hybridized carbons (Fsp3) is 0.571. The van der Waals surface area contributed by atoms with Crippen LogP contribution in [0.2, 0.25) is 0 Å². The van der Waals surface area contributed by atoms with Gasteiger partial charge >= 0.3 is 0 Å². The summed E-state index contributed by atoms with van der Waals surface area (Å²) in [7, 11) is 3.78. The molecule has 3 heteroatoms. The zero-order valence-electron chi connectivity index (χ0n) is 10.9. The van der Waals surface area contributed by atoms with Crippen molar-refractivity contribution in [2.24, 2.45) is 11.7 Å². The van der Waals surface area contributed by atoms with Gasteiger partial charge in [0.2, 0.25) is 0 Å². The van der Waals surface area contributed by atoms with Crippen LogP contribution >= 0.6 is 0 Å². The zero-order valence-corrected chi connectivity index (χ0v) is 10.9. The summed E-state index contributed by atoms with van der Waals surface area (Å²) in [6.07, 6.45) is 2.55. The maximum Gasteiger partial charge on any atom is 0.120 e. The second-order valence-corrected chi connectivity index (χ2v) is 5.34. The van der Waals surface area contributed by atoms with E-state index in [1.165, 1.54) is 12.8 Å². The van der Waals surface area contributed by atoms with Crippen LogP contribution in [0.5, 0.6) is 5.75 Å². The standard InChI is InChI=1S/C14H22N2O/c1-14(15,11-7-8-11)10-16(2)12-5-4-6-13(9-12)17-3/h4-6,9,11H,7-8,10,15H2,1-3H3. The number of nitrogens with two attached hydrogens (primary N) is 1. The van der Waals surface area contributed by atoms with E-state index in [9.17, 15) is 0 Å². The molecule has 17 heavy (non-hydrogen) atoms. The summed E-state index contributed by atoms with van der Waals surface area (Å²) in [6.45, 7) is 3.03. The molecule has 1 atom stereocenters. The first kappa shape index (κ1) is 12.2. The van der Waals surface area contributed by atoms with E-state index in [0.717, 1.165) is 18.0 Å². The Morgan fingerprint density at radius 1 is 1.47 bits per heavy atom. The van der Waals surface area contributed by atoms with Gasteiger partial charge in [0.1, 0.15) is 5.75 Å². The van der Waals surface area contributed by atoms with E-state index in [4.69, 9.17) is 10.5 Å². The van der Waals surface area contributed by atoms with E-state index in [2.05, 4.69) is 24.9 Å². The Balaban J connectivity index is 2.05. The molecular formula is C14H22N2O. The summed E-state index contributed by atoms with van der Waals surface area (Å²) in [4.78, 5) is 2.21. The number of hydrogen-bond acceptors (Lipinski definition) is 3. The van der Waals surface area contributed by atoms with Gasteiger partial charge in [0.15, 0.2) is 0 Å². The predicted molar refractivity (Wildman–Crippen MR) is 71.6 cm³/mol. The highest BCUT2D eigenvalue weighted by molar-refractivity contribution is 5.50. The first-order valence-electron chi connectivity index (χ1n) is 6.17. The third-order valence-corrected chi connectivity index (χ3v) is 3.58. The topological polar surface area (TPSA) is 38.5 Å². The van der Waals surface area contributed by atoms with Crippen LogP contribution in [0.15, 0.2) is 24.3 Å². The Labute approximate surface area is 104 Å². The van der Waals surface area contributed by atoms with E-state index >= 15 is 0 Å². The lowest BCUT2D eigenvalue weighted by Crippen LogP contribution is -2.48. The fourth-order valence-corrected chi connectivity index (χ4v) is 2.32. The highest BCUT2D eigenvalue weighted by Gasteiger charge is 2.39. The average molecular weight is 234 g/mol. The number of anilines is 1. The molecule has 1 aromatic carbocycles. The molecule has 1 unspecified atom stereocenters. The van der Waals surface area contributed by atoms with Crippen molar-refractivity contribution in [3.63, 3.8) is 0 Å². The molecule has 1 aliphatic rings. The van der Waals surface area contributed by atoms with Crippen LogP contribution in [0, 0.1) is 5.92 Å². The number of methoxy groups -OCH3 is 1. The van der Waals surface area contributed by atoms with Gasteiger partial charge in [-0.1, -0.05) is 6.07 Å². The normalized spacial score (nSPS) is 18.6. The number of nitrogens with zero attached hydrogens (tertiary/aromatic N) is 1. The summed E-state index contributed by atoms with van der Waals surface area (Å²) in [5.41, 5.74) is 7.43. The van der Waals surface area contributed by atoms with Crippen LogP contribution < -0.4 is 15.4 Å². The van der Waals surface area contributed by atoms with Crippen LogP contribution in [0.3, 0.4) is 0 Å². The first-order valence-corrected chi connectivity index (χ1v) is 6.17.